The molecule has 1 aromatic heterocycles. The molecule has 0 radical (unpaired) electrons. The van der Waals surface area contributed by atoms with Crippen LogP contribution < -0.4 is 32.3 Å². The summed E-state index contributed by atoms with van der Waals surface area (Å²) in [5.41, 5.74) is 7.45. The van der Waals surface area contributed by atoms with Crippen LogP contribution in [0, 0.1) is 0 Å². The summed E-state index contributed by atoms with van der Waals surface area (Å²) in [7, 11) is 1.59. The van der Waals surface area contributed by atoms with Crippen molar-refractivity contribution in [2.45, 2.75) is 26.3 Å². The fourth-order valence-corrected chi connectivity index (χ4v) is 4.63. The molecule has 0 aliphatic carbocycles. The zero-order valence-corrected chi connectivity index (χ0v) is 26.9. The first-order valence-corrected chi connectivity index (χ1v) is 15.5. The van der Waals surface area contributed by atoms with Gasteiger partial charge in [0.05, 0.1) is 0 Å². The fraction of sp³-hybridized carbons (Fsp3) is 0.333. The molecule has 2 heterocycles. The highest BCUT2D eigenvalue weighted by Gasteiger charge is 2.22. The number of nitrogens with zero attached hydrogens (tertiary/aromatic N) is 4. The SMILES string of the molecule is CCCNc1nc(Nc2ccc(C(N)=O)cc2)ncc1C(=O)Nc1cccc(NC(=O)[C@H](C)N(C)C(=O)/C=C/CN2CCNCC2)c1. The van der Waals surface area contributed by atoms with Crippen LogP contribution >= 0.6 is 0 Å². The smallest absolute Gasteiger partial charge is 0.260 e. The molecule has 47 heavy (non-hydrogen) atoms. The first-order valence-electron chi connectivity index (χ1n) is 15.5. The van der Waals surface area contributed by atoms with E-state index in [2.05, 4.69) is 41.5 Å². The molecule has 1 aliphatic heterocycles. The van der Waals surface area contributed by atoms with E-state index in [0.717, 1.165) is 32.6 Å². The molecule has 4 rings (SSSR count). The number of hydrogen-bond donors (Lipinski definition) is 6. The molecule has 2 aromatic carbocycles. The van der Waals surface area contributed by atoms with Crippen LogP contribution in [0.3, 0.4) is 0 Å². The third-order valence-corrected chi connectivity index (χ3v) is 7.53. The van der Waals surface area contributed by atoms with Crippen LogP contribution in [0.5, 0.6) is 0 Å². The number of hydrogen-bond acceptors (Lipinski definition) is 10. The van der Waals surface area contributed by atoms with E-state index in [9.17, 15) is 19.2 Å². The van der Waals surface area contributed by atoms with Gasteiger partial charge < -0.3 is 37.2 Å². The number of anilines is 5. The van der Waals surface area contributed by atoms with Crippen LogP contribution in [0.2, 0.25) is 0 Å². The number of nitrogens with two attached hydrogens (primary N) is 1. The second-order valence-corrected chi connectivity index (χ2v) is 11.1. The Balaban J connectivity index is 1.37. The Labute approximate surface area is 274 Å². The molecule has 248 valence electrons. The molecule has 3 aromatic rings. The van der Waals surface area contributed by atoms with E-state index < -0.39 is 17.9 Å². The third-order valence-electron chi connectivity index (χ3n) is 7.53. The van der Waals surface area contributed by atoms with Crippen LogP contribution in [0.1, 0.15) is 41.0 Å². The standard InChI is InChI=1S/C33H42N10O4/c1-4-14-36-30-27(21-37-33(41-30)40-24-12-10-23(11-13-24)29(34)45)32(47)39-26-8-5-7-25(20-26)38-31(46)22(2)42(3)28(44)9-6-17-43-18-15-35-16-19-43/h5-13,20-22,35H,4,14-19H2,1-3H3,(H2,34,45)(H,38,46)(H,39,47)(H2,36,37,40,41)/b9-6+/t22-/m0/s1. The van der Waals surface area contributed by atoms with Gasteiger partial charge in [0.2, 0.25) is 23.7 Å². The van der Waals surface area contributed by atoms with Gasteiger partial charge in [0.15, 0.2) is 0 Å². The first kappa shape index (κ1) is 34.5. The lowest BCUT2D eigenvalue weighted by Crippen LogP contribution is -2.44. The molecular weight excluding hydrogens is 600 g/mol. The highest BCUT2D eigenvalue weighted by Crippen LogP contribution is 2.21. The van der Waals surface area contributed by atoms with Gasteiger partial charge in [-0.15, -0.1) is 0 Å². The van der Waals surface area contributed by atoms with Gasteiger partial charge >= 0.3 is 0 Å². The van der Waals surface area contributed by atoms with Crippen LogP contribution in [0.25, 0.3) is 0 Å². The Morgan fingerprint density at radius 1 is 1.04 bits per heavy atom. The number of primary amides is 1. The van der Waals surface area contributed by atoms with Crippen molar-refractivity contribution in [3.05, 3.63) is 78.0 Å². The van der Waals surface area contributed by atoms with Crippen molar-refractivity contribution in [2.75, 3.05) is 67.6 Å². The minimum absolute atomic E-state index is 0.223. The van der Waals surface area contributed by atoms with E-state index in [-0.39, 0.29) is 23.3 Å². The molecule has 0 unspecified atom stereocenters. The van der Waals surface area contributed by atoms with Gasteiger partial charge in [0, 0.05) is 81.2 Å². The summed E-state index contributed by atoms with van der Waals surface area (Å²) in [5, 5.41) is 15.2. The van der Waals surface area contributed by atoms with Crippen molar-refractivity contribution in [1.82, 2.24) is 25.1 Å². The lowest BCUT2D eigenvalue weighted by atomic mass is 10.2. The summed E-state index contributed by atoms with van der Waals surface area (Å²) in [6.45, 7) is 8.62. The van der Waals surface area contributed by atoms with E-state index in [1.807, 2.05) is 13.0 Å². The van der Waals surface area contributed by atoms with Crippen molar-refractivity contribution < 1.29 is 19.2 Å². The quantitative estimate of drug-likeness (QED) is 0.143. The summed E-state index contributed by atoms with van der Waals surface area (Å²) >= 11 is 0. The molecule has 1 aliphatic rings. The van der Waals surface area contributed by atoms with Gasteiger partial charge in [0.1, 0.15) is 17.4 Å². The van der Waals surface area contributed by atoms with Crippen LogP contribution in [-0.2, 0) is 9.59 Å². The lowest BCUT2D eigenvalue weighted by molar-refractivity contribution is -0.132. The molecule has 1 fully saturated rings. The van der Waals surface area contributed by atoms with Gasteiger partial charge in [-0.2, -0.15) is 4.98 Å². The van der Waals surface area contributed by atoms with E-state index in [1.165, 1.54) is 17.2 Å². The minimum Gasteiger partial charge on any atom is -0.369 e. The zero-order valence-electron chi connectivity index (χ0n) is 26.9. The maximum Gasteiger partial charge on any atom is 0.260 e. The second kappa shape index (κ2) is 16.8. The number of aromatic nitrogens is 2. The number of likely N-dealkylation sites (N-methyl/N-ethyl adjacent to an activating group) is 1. The molecule has 14 nitrogen and oxygen atoms in total. The first-order chi connectivity index (χ1) is 22.6. The van der Waals surface area contributed by atoms with Crippen molar-refractivity contribution >= 4 is 52.5 Å². The maximum atomic E-state index is 13.3. The molecular formula is C33H42N10O4. The predicted octanol–water partition coefficient (Wildman–Crippen LogP) is 2.64. The molecule has 4 amide bonds. The number of carbonyl (C=O) groups excluding carboxylic acids is 4. The van der Waals surface area contributed by atoms with Crippen LogP contribution in [-0.4, -0.2) is 95.8 Å². The molecule has 0 bridgehead atoms. The second-order valence-electron chi connectivity index (χ2n) is 11.1. The Morgan fingerprint density at radius 2 is 1.74 bits per heavy atom. The number of benzene rings is 2. The summed E-state index contributed by atoms with van der Waals surface area (Å²) < 4.78 is 0. The largest absolute Gasteiger partial charge is 0.369 e. The molecule has 1 atom stereocenters. The average Bonchev–Trinajstić information content (AvgIpc) is 3.07. The van der Waals surface area contributed by atoms with Crippen molar-refractivity contribution in [2.24, 2.45) is 5.73 Å². The van der Waals surface area contributed by atoms with Crippen molar-refractivity contribution in [1.29, 1.82) is 0 Å². The Hall–Kier alpha value is -5.34. The summed E-state index contributed by atoms with van der Waals surface area (Å²) in [6.07, 6.45) is 5.54. The van der Waals surface area contributed by atoms with E-state index in [4.69, 9.17) is 5.73 Å². The van der Waals surface area contributed by atoms with Crippen LogP contribution in [0.4, 0.5) is 28.8 Å². The predicted molar refractivity (Wildman–Crippen MR) is 183 cm³/mol. The van der Waals surface area contributed by atoms with Gasteiger partial charge in [0.25, 0.3) is 5.91 Å². The molecule has 1 saturated heterocycles. The summed E-state index contributed by atoms with van der Waals surface area (Å²) in [5.74, 6) is -1.02. The molecule has 0 spiro atoms. The number of carbonyl (C=O) groups is 4. The van der Waals surface area contributed by atoms with E-state index in [1.54, 1.807) is 62.5 Å². The monoisotopic (exact) mass is 642 g/mol. The number of amides is 4. The Kier molecular flexibility index (Phi) is 12.4. The topological polar surface area (TPSA) is 187 Å². The summed E-state index contributed by atoms with van der Waals surface area (Å²) in [4.78, 5) is 62.8. The normalized spacial score (nSPS) is 13.9. The molecule has 14 heteroatoms. The highest BCUT2D eigenvalue weighted by atomic mass is 16.2. The highest BCUT2D eigenvalue weighted by molar-refractivity contribution is 6.08. The van der Waals surface area contributed by atoms with Crippen LogP contribution in [0.15, 0.2) is 66.9 Å². The lowest BCUT2D eigenvalue weighted by Gasteiger charge is -2.26. The third kappa shape index (κ3) is 10.1. The Bertz CT molecular complexity index is 1590. The fourth-order valence-electron chi connectivity index (χ4n) is 4.63. The molecule has 0 saturated carbocycles. The zero-order chi connectivity index (χ0) is 33.8. The number of rotatable bonds is 14. The van der Waals surface area contributed by atoms with Gasteiger partial charge in [-0.3, -0.25) is 24.1 Å². The maximum absolute atomic E-state index is 13.3. The number of piperazine rings is 1. The van der Waals surface area contributed by atoms with E-state index in [0.29, 0.717) is 41.5 Å². The minimum atomic E-state index is -0.734. The average molecular weight is 643 g/mol. The van der Waals surface area contributed by atoms with Crippen molar-refractivity contribution in [3.63, 3.8) is 0 Å². The number of nitrogens with one attached hydrogen (secondary N) is 5. The summed E-state index contributed by atoms with van der Waals surface area (Å²) in [6, 6.07) is 12.5. The Morgan fingerprint density at radius 3 is 2.43 bits per heavy atom. The molecule has 7 N–H and O–H groups in total. The van der Waals surface area contributed by atoms with Gasteiger partial charge in [-0.05, 0) is 55.8 Å². The van der Waals surface area contributed by atoms with Gasteiger partial charge in [-0.25, -0.2) is 4.98 Å². The van der Waals surface area contributed by atoms with Gasteiger partial charge in [-0.1, -0.05) is 19.1 Å². The van der Waals surface area contributed by atoms with Crippen molar-refractivity contribution in [3.8, 4) is 0 Å². The van der Waals surface area contributed by atoms with E-state index >= 15 is 0 Å².